The second-order valence-electron chi connectivity index (χ2n) is 7.16. The minimum Gasteiger partial charge on any atom is -0.342 e. The van der Waals surface area contributed by atoms with Gasteiger partial charge in [-0.3, -0.25) is 14.6 Å². The Morgan fingerprint density at radius 2 is 2.15 bits per heavy atom. The largest absolute Gasteiger partial charge is 0.342 e. The predicted octanol–water partition coefficient (Wildman–Crippen LogP) is 3.55. The molecule has 0 fully saturated rings. The molecule has 0 bridgehead atoms. The van der Waals surface area contributed by atoms with E-state index in [0.29, 0.717) is 19.4 Å². The van der Waals surface area contributed by atoms with Crippen molar-refractivity contribution in [3.8, 4) is 6.07 Å². The molecular weight excluding hydrogens is 340 g/mol. The Morgan fingerprint density at radius 3 is 2.69 bits per heavy atom. The maximum atomic E-state index is 12.5. The van der Waals surface area contributed by atoms with Crippen LogP contribution in [-0.4, -0.2) is 35.2 Å². The molecule has 1 aliphatic rings. The number of alkyl halides is 2. The fourth-order valence-electron chi connectivity index (χ4n) is 3.10. The summed E-state index contributed by atoms with van der Waals surface area (Å²) in [5, 5.41) is 9.12. The minimum atomic E-state index is -2.67. The number of nitrogens with zero attached hydrogens (tertiary/aromatic N) is 3. The number of nitriles is 1. The van der Waals surface area contributed by atoms with Crippen molar-refractivity contribution < 1.29 is 18.4 Å². The topological polar surface area (TPSA) is 74.1 Å². The molecule has 1 amide bonds. The molecule has 1 aliphatic carbocycles. The summed E-state index contributed by atoms with van der Waals surface area (Å²) >= 11 is 0. The minimum absolute atomic E-state index is 0.0203. The fraction of sp³-hybridized carbons (Fsp3) is 0.474. The van der Waals surface area contributed by atoms with E-state index in [4.69, 9.17) is 5.26 Å². The molecule has 1 atom stereocenters. The van der Waals surface area contributed by atoms with Gasteiger partial charge in [-0.05, 0) is 30.9 Å². The van der Waals surface area contributed by atoms with Crippen molar-refractivity contribution >= 4 is 11.7 Å². The van der Waals surface area contributed by atoms with Crippen LogP contribution in [-0.2, 0) is 4.79 Å². The van der Waals surface area contributed by atoms with Gasteiger partial charge >= 0.3 is 0 Å². The molecule has 0 saturated heterocycles. The highest BCUT2D eigenvalue weighted by molar-refractivity contribution is 6.03. The van der Waals surface area contributed by atoms with Gasteiger partial charge in [0.1, 0.15) is 11.8 Å². The van der Waals surface area contributed by atoms with Crippen LogP contribution >= 0.6 is 0 Å². The maximum Gasteiger partial charge on any atom is 0.280 e. The number of hydrogen-bond donors (Lipinski definition) is 0. The second kappa shape index (κ2) is 7.73. The molecule has 0 saturated carbocycles. The average Bonchev–Trinajstić information content (AvgIpc) is 2.61. The van der Waals surface area contributed by atoms with Crippen molar-refractivity contribution in [2.24, 2.45) is 11.3 Å². The standard InChI is InChI=1S/C19H21F2N3O2/c1-19(2)9-12(8-14(10-22)16(19)25)6-7-24(3)18(26)13-4-5-15(17(20)21)23-11-13/h4-5,8,11-12,17H,6-7,9H2,1-3H3. The Hall–Kier alpha value is -2.62. The van der Waals surface area contributed by atoms with E-state index in [2.05, 4.69) is 4.98 Å². The van der Waals surface area contributed by atoms with Gasteiger partial charge in [0.15, 0.2) is 5.78 Å². The van der Waals surface area contributed by atoms with E-state index in [9.17, 15) is 18.4 Å². The first-order valence-corrected chi connectivity index (χ1v) is 8.32. The molecule has 7 heteroatoms. The zero-order valence-corrected chi connectivity index (χ0v) is 15.0. The van der Waals surface area contributed by atoms with Crippen molar-refractivity contribution in [3.63, 3.8) is 0 Å². The molecule has 0 spiro atoms. The number of halogens is 2. The van der Waals surface area contributed by atoms with Crippen LogP contribution in [0.2, 0.25) is 0 Å². The van der Waals surface area contributed by atoms with Crippen LogP contribution in [0.1, 0.15) is 49.2 Å². The predicted molar refractivity (Wildman–Crippen MR) is 91.4 cm³/mol. The number of rotatable bonds is 5. The number of ketones is 1. The van der Waals surface area contributed by atoms with Crippen LogP contribution in [0.25, 0.3) is 0 Å². The van der Waals surface area contributed by atoms with Gasteiger partial charge in [-0.1, -0.05) is 19.9 Å². The monoisotopic (exact) mass is 361 g/mol. The molecule has 1 unspecified atom stereocenters. The van der Waals surface area contributed by atoms with Gasteiger partial charge in [0.05, 0.1) is 11.1 Å². The van der Waals surface area contributed by atoms with E-state index in [0.717, 1.165) is 12.3 Å². The van der Waals surface area contributed by atoms with Crippen LogP contribution in [0.4, 0.5) is 8.78 Å². The quantitative estimate of drug-likeness (QED) is 0.804. The second-order valence-corrected chi connectivity index (χ2v) is 7.16. The third-order valence-corrected chi connectivity index (χ3v) is 4.59. The molecule has 0 N–H and O–H groups in total. The first kappa shape index (κ1) is 19.7. The number of carbonyl (C=O) groups is 2. The molecule has 138 valence electrons. The van der Waals surface area contributed by atoms with Crippen LogP contribution in [0, 0.1) is 22.7 Å². The van der Waals surface area contributed by atoms with Crippen molar-refractivity contribution in [2.75, 3.05) is 13.6 Å². The number of aromatic nitrogens is 1. The van der Waals surface area contributed by atoms with Crippen molar-refractivity contribution in [3.05, 3.63) is 41.2 Å². The Bertz CT molecular complexity index is 764. The summed E-state index contributed by atoms with van der Waals surface area (Å²) in [4.78, 5) is 29.6. The van der Waals surface area contributed by atoms with Gasteiger partial charge in [0.25, 0.3) is 12.3 Å². The Kier molecular flexibility index (Phi) is 5.86. The molecule has 2 rings (SSSR count). The molecule has 0 radical (unpaired) electrons. The number of allylic oxidation sites excluding steroid dienone is 2. The molecule has 5 nitrogen and oxygen atoms in total. The number of hydrogen-bond acceptors (Lipinski definition) is 4. The van der Waals surface area contributed by atoms with Gasteiger partial charge < -0.3 is 4.90 Å². The van der Waals surface area contributed by atoms with E-state index >= 15 is 0 Å². The summed E-state index contributed by atoms with van der Waals surface area (Å²) in [5.74, 6) is -0.438. The highest BCUT2D eigenvalue weighted by Gasteiger charge is 2.36. The number of pyridine rings is 1. The van der Waals surface area contributed by atoms with E-state index < -0.39 is 11.8 Å². The molecule has 0 aliphatic heterocycles. The molecule has 0 aromatic carbocycles. The van der Waals surface area contributed by atoms with Crippen LogP contribution in [0.5, 0.6) is 0 Å². The number of Topliss-reactive ketones (excluding diaryl/α,β-unsaturated/α-hetero) is 1. The fourth-order valence-corrected chi connectivity index (χ4v) is 3.10. The molecule has 26 heavy (non-hydrogen) atoms. The van der Waals surface area contributed by atoms with Gasteiger partial charge in [0.2, 0.25) is 0 Å². The van der Waals surface area contributed by atoms with Crippen molar-refractivity contribution in [1.29, 1.82) is 5.26 Å². The first-order valence-electron chi connectivity index (χ1n) is 8.32. The third-order valence-electron chi connectivity index (χ3n) is 4.59. The Balaban J connectivity index is 2.00. The van der Waals surface area contributed by atoms with E-state index in [1.54, 1.807) is 13.1 Å². The SMILES string of the molecule is CN(CCC1C=C(C#N)C(=O)C(C)(C)C1)C(=O)c1ccc(C(F)F)nc1. The lowest BCUT2D eigenvalue weighted by Crippen LogP contribution is -2.34. The van der Waals surface area contributed by atoms with Crippen LogP contribution in [0.3, 0.4) is 0 Å². The van der Waals surface area contributed by atoms with E-state index in [-0.39, 0.29) is 34.4 Å². The Labute approximate surface area is 151 Å². The molecule has 1 aromatic rings. The smallest absolute Gasteiger partial charge is 0.280 e. The summed E-state index contributed by atoms with van der Waals surface area (Å²) in [6.07, 6.45) is 1.38. The van der Waals surface area contributed by atoms with E-state index in [1.807, 2.05) is 19.9 Å². The number of carbonyl (C=O) groups excluding carboxylic acids is 2. The highest BCUT2D eigenvalue weighted by atomic mass is 19.3. The summed E-state index contributed by atoms with van der Waals surface area (Å²) in [5.41, 5.74) is -0.550. The highest BCUT2D eigenvalue weighted by Crippen LogP contribution is 2.36. The molecule has 1 aromatic heterocycles. The van der Waals surface area contributed by atoms with Crippen LogP contribution in [0.15, 0.2) is 30.0 Å². The van der Waals surface area contributed by atoms with Crippen LogP contribution < -0.4 is 0 Å². The molecular formula is C19H21F2N3O2. The zero-order valence-electron chi connectivity index (χ0n) is 15.0. The first-order chi connectivity index (χ1) is 12.2. The summed E-state index contributed by atoms with van der Waals surface area (Å²) in [6, 6.07) is 4.43. The summed E-state index contributed by atoms with van der Waals surface area (Å²) in [7, 11) is 1.62. The van der Waals surface area contributed by atoms with Gasteiger partial charge in [0, 0.05) is 25.2 Å². The zero-order chi connectivity index (χ0) is 19.5. The third kappa shape index (κ3) is 4.31. The lowest BCUT2D eigenvalue weighted by atomic mass is 9.71. The summed E-state index contributed by atoms with van der Waals surface area (Å²) < 4.78 is 25.1. The lowest BCUT2D eigenvalue weighted by Gasteiger charge is -2.32. The van der Waals surface area contributed by atoms with Gasteiger partial charge in [-0.2, -0.15) is 5.26 Å². The lowest BCUT2D eigenvalue weighted by molar-refractivity contribution is -0.124. The van der Waals surface area contributed by atoms with E-state index in [1.165, 1.54) is 11.0 Å². The van der Waals surface area contributed by atoms with Gasteiger partial charge in [-0.25, -0.2) is 8.78 Å². The van der Waals surface area contributed by atoms with Crippen molar-refractivity contribution in [2.45, 2.75) is 33.1 Å². The van der Waals surface area contributed by atoms with Crippen molar-refractivity contribution in [1.82, 2.24) is 9.88 Å². The molecule has 1 heterocycles. The normalized spacial score (nSPS) is 19.0. The average molecular weight is 361 g/mol. The maximum absolute atomic E-state index is 12.5. The summed E-state index contributed by atoms with van der Waals surface area (Å²) in [6.45, 7) is 4.05. The Morgan fingerprint density at radius 1 is 1.46 bits per heavy atom. The van der Waals surface area contributed by atoms with Gasteiger partial charge in [-0.15, -0.1) is 0 Å². The number of amides is 1.